The number of aliphatic hydroxyl groups is 1. The number of ether oxygens (including phenoxy) is 2. The van der Waals surface area contributed by atoms with Gasteiger partial charge in [0.1, 0.15) is 18.1 Å². The smallest absolute Gasteiger partial charge is 0.133 e. The highest BCUT2D eigenvalue weighted by atomic mass is 79.9. The van der Waals surface area contributed by atoms with Crippen molar-refractivity contribution in [1.29, 1.82) is 0 Å². The minimum atomic E-state index is -0.596. The SMILES string of the molecule is COc1ccc(NCC(O)COCc2ccco2)cc1Br. The molecule has 2 N–H and O–H groups in total. The van der Waals surface area contributed by atoms with Gasteiger partial charge in [-0.1, -0.05) is 0 Å². The van der Waals surface area contributed by atoms with Crippen LogP contribution in [0.1, 0.15) is 5.76 Å². The zero-order valence-corrected chi connectivity index (χ0v) is 13.3. The number of hydrogen-bond donors (Lipinski definition) is 2. The van der Waals surface area contributed by atoms with E-state index in [2.05, 4.69) is 21.2 Å². The third-order valence-corrected chi connectivity index (χ3v) is 3.45. The lowest BCUT2D eigenvalue weighted by Crippen LogP contribution is -2.24. The number of hydrogen-bond acceptors (Lipinski definition) is 5. The van der Waals surface area contributed by atoms with Crippen LogP contribution in [0, 0.1) is 0 Å². The van der Waals surface area contributed by atoms with E-state index in [-0.39, 0.29) is 6.61 Å². The summed E-state index contributed by atoms with van der Waals surface area (Å²) in [6, 6.07) is 9.28. The number of benzene rings is 1. The van der Waals surface area contributed by atoms with Gasteiger partial charge in [-0.05, 0) is 46.3 Å². The van der Waals surface area contributed by atoms with Gasteiger partial charge >= 0.3 is 0 Å². The van der Waals surface area contributed by atoms with Crippen molar-refractivity contribution in [3.8, 4) is 5.75 Å². The summed E-state index contributed by atoms with van der Waals surface area (Å²) in [6.45, 7) is 1.00. The van der Waals surface area contributed by atoms with Crippen molar-refractivity contribution in [1.82, 2.24) is 0 Å². The van der Waals surface area contributed by atoms with Gasteiger partial charge in [-0.2, -0.15) is 0 Å². The maximum absolute atomic E-state index is 9.85. The van der Waals surface area contributed by atoms with Crippen LogP contribution in [0.15, 0.2) is 45.5 Å². The number of furan rings is 1. The van der Waals surface area contributed by atoms with Crippen LogP contribution in [0.25, 0.3) is 0 Å². The summed E-state index contributed by atoms with van der Waals surface area (Å²) in [4.78, 5) is 0. The molecule has 1 unspecified atom stereocenters. The lowest BCUT2D eigenvalue weighted by atomic mass is 10.3. The van der Waals surface area contributed by atoms with Crippen molar-refractivity contribution in [2.24, 2.45) is 0 Å². The van der Waals surface area contributed by atoms with E-state index in [1.807, 2.05) is 24.3 Å². The van der Waals surface area contributed by atoms with E-state index < -0.39 is 6.10 Å². The van der Waals surface area contributed by atoms with E-state index in [0.717, 1.165) is 21.7 Å². The minimum absolute atomic E-state index is 0.241. The molecule has 0 aliphatic heterocycles. The average Bonchev–Trinajstić information content (AvgIpc) is 2.98. The molecule has 2 aromatic rings. The number of nitrogens with one attached hydrogen (secondary N) is 1. The molecule has 5 nitrogen and oxygen atoms in total. The van der Waals surface area contributed by atoms with Gasteiger partial charge in [0, 0.05) is 12.2 Å². The molecule has 0 amide bonds. The molecular weight excluding hydrogens is 338 g/mol. The summed E-state index contributed by atoms with van der Waals surface area (Å²) in [5.41, 5.74) is 0.896. The first-order chi connectivity index (χ1) is 10.2. The average molecular weight is 356 g/mol. The topological polar surface area (TPSA) is 63.9 Å². The molecule has 0 radical (unpaired) electrons. The Morgan fingerprint density at radius 3 is 2.90 bits per heavy atom. The molecule has 0 aliphatic rings. The van der Waals surface area contributed by atoms with Crippen molar-refractivity contribution >= 4 is 21.6 Å². The highest BCUT2D eigenvalue weighted by Crippen LogP contribution is 2.27. The molecule has 1 aromatic heterocycles. The second-order valence-electron chi connectivity index (χ2n) is 4.48. The quantitative estimate of drug-likeness (QED) is 0.761. The summed E-state index contributed by atoms with van der Waals surface area (Å²) >= 11 is 3.42. The maximum atomic E-state index is 9.85. The van der Waals surface area contributed by atoms with Gasteiger partial charge in [0.2, 0.25) is 0 Å². The monoisotopic (exact) mass is 355 g/mol. The Bertz CT molecular complexity index is 545. The normalized spacial score (nSPS) is 12.1. The molecule has 0 saturated carbocycles. The molecule has 0 saturated heterocycles. The molecule has 1 atom stereocenters. The summed E-state index contributed by atoms with van der Waals surface area (Å²) in [6.07, 6.45) is 0.999. The van der Waals surface area contributed by atoms with Gasteiger partial charge in [0.25, 0.3) is 0 Å². The summed E-state index contributed by atoms with van der Waals surface area (Å²) in [7, 11) is 1.62. The van der Waals surface area contributed by atoms with Crippen LogP contribution in [0.4, 0.5) is 5.69 Å². The Morgan fingerprint density at radius 2 is 2.24 bits per heavy atom. The molecule has 1 aromatic carbocycles. The van der Waals surface area contributed by atoms with Crippen molar-refractivity contribution < 1.29 is 19.0 Å². The first-order valence-electron chi connectivity index (χ1n) is 6.54. The van der Waals surface area contributed by atoms with Crippen LogP contribution in [0.3, 0.4) is 0 Å². The van der Waals surface area contributed by atoms with Gasteiger partial charge in [-0.3, -0.25) is 0 Å². The van der Waals surface area contributed by atoms with Gasteiger partial charge in [-0.25, -0.2) is 0 Å². The van der Waals surface area contributed by atoms with E-state index in [4.69, 9.17) is 13.9 Å². The third kappa shape index (κ3) is 5.08. The molecule has 114 valence electrons. The number of rotatable bonds is 8. The van der Waals surface area contributed by atoms with Gasteiger partial charge in [-0.15, -0.1) is 0 Å². The predicted octanol–water partition coefficient (Wildman–Crippen LogP) is 3.04. The third-order valence-electron chi connectivity index (χ3n) is 2.83. The first kappa shape index (κ1) is 15.9. The molecule has 1 heterocycles. The van der Waals surface area contributed by atoms with Gasteiger partial charge in [0.15, 0.2) is 0 Å². The van der Waals surface area contributed by atoms with E-state index in [0.29, 0.717) is 13.2 Å². The molecule has 6 heteroatoms. The standard InChI is InChI=1S/C15H18BrNO4/c1-19-15-5-4-11(7-14(15)16)17-8-12(18)9-20-10-13-3-2-6-21-13/h2-7,12,17-18H,8-10H2,1H3. The Balaban J connectivity index is 1.70. The Morgan fingerprint density at radius 1 is 1.38 bits per heavy atom. The lowest BCUT2D eigenvalue weighted by Gasteiger charge is -2.13. The second-order valence-corrected chi connectivity index (χ2v) is 5.33. The van der Waals surface area contributed by atoms with E-state index >= 15 is 0 Å². The van der Waals surface area contributed by atoms with E-state index in [1.165, 1.54) is 0 Å². The number of methoxy groups -OCH3 is 1. The minimum Gasteiger partial charge on any atom is -0.496 e. The molecular formula is C15H18BrNO4. The highest BCUT2D eigenvalue weighted by molar-refractivity contribution is 9.10. The molecule has 0 fully saturated rings. The fraction of sp³-hybridized carbons (Fsp3) is 0.333. The summed E-state index contributed by atoms with van der Waals surface area (Å²) < 4.78 is 16.5. The zero-order chi connectivity index (χ0) is 15.1. The molecule has 21 heavy (non-hydrogen) atoms. The first-order valence-corrected chi connectivity index (χ1v) is 7.34. The second kappa shape index (κ2) is 8.07. The zero-order valence-electron chi connectivity index (χ0n) is 11.7. The predicted molar refractivity (Wildman–Crippen MR) is 83.6 cm³/mol. The number of halogens is 1. The lowest BCUT2D eigenvalue weighted by molar-refractivity contribution is 0.0282. The summed E-state index contributed by atoms with van der Waals surface area (Å²) in [5, 5.41) is 13.0. The molecule has 2 rings (SSSR count). The van der Waals surface area contributed by atoms with Crippen LogP contribution in [0.2, 0.25) is 0 Å². The Labute approximate surface area is 132 Å². The molecule has 0 spiro atoms. The van der Waals surface area contributed by atoms with Crippen molar-refractivity contribution in [3.63, 3.8) is 0 Å². The Hall–Kier alpha value is -1.50. The number of aliphatic hydroxyl groups excluding tert-OH is 1. The van der Waals surface area contributed by atoms with Crippen molar-refractivity contribution in [3.05, 3.63) is 46.8 Å². The van der Waals surface area contributed by atoms with Crippen LogP contribution in [-0.2, 0) is 11.3 Å². The highest BCUT2D eigenvalue weighted by Gasteiger charge is 2.06. The van der Waals surface area contributed by atoms with Crippen LogP contribution >= 0.6 is 15.9 Å². The fourth-order valence-electron chi connectivity index (χ4n) is 1.76. The molecule has 0 aliphatic carbocycles. The van der Waals surface area contributed by atoms with Crippen LogP contribution < -0.4 is 10.1 Å². The van der Waals surface area contributed by atoms with Gasteiger partial charge < -0.3 is 24.3 Å². The van der Waals surface area contributed by atoms with E-state index in [1.54, 1.807) is 19.4 Å². The van der Waals surface area contributed by atoms with E-state index in [9.17, 15) is 5.11 Å². The summed E-state index contributed by atoms with van der Waals surface area (Å²) in [5.74, 6) is 1.51. The van der Waals surface area contributed by atoms with Crippen LogP contribution in [0.5, 0.6) is 5.75 Å². The Kier molecular flexibility index (Phi) is 6.10. The van der Waals surface area contributed by atoms with Gasteiger partial charge in [0.05, 0.1) is 30.6 Å². The largest absolute Gasteiger partial charge is 0.496 e. The van der Waals surface area contributed by atoms with Crippen molar-refractivity contribution in [2.75, 3.05) is 25.6 Å². The maximum Gasteiger partial charge on any atom is 0.133 e. The number of anilines is 1. The fourth-order valence-corrected chi connectivity index (χ4v) is 2.30. The molecule has 0 bridgehead atoms. The van der Waals surface area contributed by atoms with Crippen molar-refractivity contribution in [2.45, 2.75) is 12.7 Å². The van der Waals surface area contributed by atoms with Crippen LogP contribution in [-0.4, -0.2) is 31.5 Å².